The highest BCUT2D eigenvalue weighted by molar-refractivity contribution is 5.86. The van der Waals surface area contributed by atoms with Gasteiger partial charge in [-0.25, -0.2) is 0 Å². The van der Waals surface area contributed by atoms with E-state index in [2.05, 4.69) is 17.1 Å². The van der Waals surface area contributed by atoms with Crippen LogP contribution in [0.3, 0.4) is 0 Å². The van der Waals surface area contributed by atoms with Crippen LogP contribution in [0.1, 0.15) is 32.6 Å². The lowest BCUT2D eigenvalue weighted by Gasteiger charge is -2.33. The fraction of sp³-hybridized carbons (Fsp3) is 0.923. The topological polar surface area (TPSA) is 67.6 Å². The molecule has 18 heavy (non-hydrogen) atoms. The lowest BCUT2D eigenvalue weighted by Crippen LogP contribution is -2.58. The van der Waals surface area contributed by atoms with Gasteiger partial charge in [-0.1, -0.05) is 6.92 Å². The zero-order valence-electron chi connectivity index (χ0n) is 11.3. The average molecular weight is 255 g/mol. The Morgan fingerprint density at radius 3 is 2.78 bits per heavy atom. The maximum absolute atomic E-state index is 12.1. The van der Waals surface area contributed by atoms with Crippen molar-refractivity contribution in [3.63, 3.8) is 0 Å². The van der Waals surface area contributed by atoms with Crippen LogP contribution in [0, 0.1) is 0 Å². The predicted octanol–water partition coefficient (Wildman–Crippen LogP) is 0.0948. The second kappa shape index (κ2) is 5.99. The molecule has 1 atom stereocenters. The molecule has 2 aliphatic heterocycles. The summed E-state index contributed by atoms with van der Waals surface area (Å²) in [5.74, 6) is -0.0334. The summed E-state index contributed by atoms with van der Waals surface area (Å²) in [4.78, 5) is 14.6. The number of nitrogens with two attached hydrogens (primary N) is 1. The zero-order chi connectivity index (χ0) is 13.0. The van der Waals surface area contributed by atoms with E-state index < -0.39 is 5.54 Å². The number of carbonyl (C=O) groups is 1. The van der Waals surface area contributed by atoms with E-state index in [-0.39, 0.29) is 11.9 Å². The number of rotatable bonds is 4. The Labute approximate surface area is 109 Å². The van der Waals surface area contributed by atoms with Crippen LogP contribution < -0.4 is 11.1 Å². The first-order chi connectivity index (χ1) is 8.64. The first-order valence-electron chi connectivity index (χ1n) is 7.04. The summed E-state index contributed by atoms with van der Waals surface area (Å²) >= 11 is 0. The van der Waals surface area contributed by atoms with Crippen LogP contribution in [-0.2, 0) is 9.53 Å². The number of nitrogens with zero attached hydrogens (tertiary/aromatic N) is 1. The maximum atomic E-state index is 12.1. The number of ether oxygens (including phenoxy) is 1. The van der Waals surface area contributed by atoms with Gasteiger partial charge in [0.1, 0.15) is 5.54 Å². The quantitative estimate of drug-likeness (QED) is 0.747. The van der Waals surface area contributed by atoms with Crippen LogP contribution in [0.15, 0.2) is 0 Å². The van der Waals surface area contributed by atoms with E-state index in [4.69, 9.17) is 10.5 Å². The molecule has 0 saturated carbocycles. The Morgan fingerprint density at radius 1 is 1.50 bits per heavy atom. The van der Waals surface area contributed by atoms with Crippen molar-refractivity contribution in [2.75, 3.05) is 32.8 Å². The molecule has 104 valence electrons. The van der Waals surface area contributed by atoms with Crippen LogP contribution in [0.5, 0.6) is 0 Å². The second-order valence-corrected chi connectivity index (χ2v) is 5.55. The van der Waals surface area contributed by atoms with Gasteiger partial charge in [-0.05, 0) is 32.2 Å². The zero-order valence-corrected chi connectivity index (χ0v) is 11.3. The van der Waals surface area contributed by atoms with Crippen LogP contribution in [0.25, 0.3) is 0 Å². The van der Waals surface area contributed by atoms with Gasteiger partial charge in [-0.2, -0.15) is 0 Å². The minimum Gasteiger partial charge on any atom is -0.379 e. The standard InChI is InChI=1S/C13H25N3O2/c1-2-6-16-7-3-11(4-8-16)15-12(17)13(14)5-9-18-10-13/h11H,2-10,14H2,1H3,(H,15,17). The molecule has 2 rings (SSSR count). The normalized spacial score (nSPS) is 30.6. The van der Waals surface area contributed by atoms with Crippen molar-refractivity contribution >= 4 is 5.91 Å². The van der Waals surface area contributed by atoms with Gasteiger partial charge in [0.2, 0.25) is 5.91 Å². The van der Waals surface area contributed by atoms with Gasteiger partial charge in [-0.15, -0.1) is 0 Å². The molecule has 5 nitrogen and oxygen atoms in total. The van der Waals surface area contributed by atoms with E-state index in [9.17, 15) is 4.79 Å². The number of likely N-dealkylation sites (tertiary alicyclic amines) is 1. The number of carbonyl (C=O) groups excluding carboxylic acids is 1. The Kier molecular flexibility index (Phi) is 4.59. The molecule has 0 bridgehead atoms. The van der Waals surface area contributed by atoms with E-state index in [1.807, 2.05) is 0 Å². The molecular weight excluding hydrogens is 230 g/mol. The fourth-order valence-electron chi connectivity index (χ4n) is 2.71. The SMILES string of the molecule is CCCN1CCC(NC(=O)C2(N)CCOC2)CC1. The highest BCUT2D eigenvalue weighted by Crippen LogP contribution is 2.17. The van der Waals surface area contributed by atoms with Gasteiger partial charge in [0.15, 0.2) is 0 Å². The third kappa shape index (κ3) is 3.22. The summed E-state index contributed by atoms with van der Waals surface area (Å²) < 4.78 is 5.23. The van der Waals surface area contributed by atoms with Crippen molar-refractivity contribution in [2.45, 2.75) is 44.2 Å². The van der Waals surface area contributed by atoms with Gasteiger partial charge in [0.25, 0.3) is 0 Å². The van der Waals surface area contributed by atoms with E-state index in [1.165, 1.54) is 6.42 Å². The molecule has 2 fully saturated rings. The van der Waals surface area contributed by atoms with Crippen LogP contribution >= 0.6 is 0 Å². The summed E-state index contributed by atoms with van der Waals surface area (Å²) in [5, 5.41) is 3.09. The molecule has 0 aromatic carbocycles. The van der Waals surface area contributed by atoms with E-state index in [1.54, 1.807) is 0 Å². The first-order valence-corrected chi connectivity index (χ1v) is 7.04. The first kappa shape index (κ1) is 13.8. The third-order valence-corrected chi connectivity index (χ3v) is 3.97. The molecule has 2 saturated heterocycles. The molecule has 0 aromatic rings. The molecule has 0 aliphatic carbocycles. The van der Waals surface area contributed by atoms with Crippen LogP contribution in [0.2, 0.25) is 0 Å². The van der Waals surface area contributed by atoms with Crippen LogP contribution in [-0.4, -0.2) is 55.2 Å². The molecule has 5 heteroatoms. The largest absolute Gasteiger partial charge is 0.379 e. The van der Waals surface area contributed by atoms with Crippen molar-refractivity contribution in [3.8, 4) is 0 Å². The molecule has 0 radical (unpaired) electrons. The van der Waals surface area contributed by atoms with Crippen molar-refractivity contribution in [3.05, 3.63) is 0 Å². The minimum absolute atomic E-state index is 0.0334. The molecule has 3 N–H and O–H groups in total. The molecule has 1 amide bonds. The summed E-state index contributed by atoms with van der Waals surface area (Å²) in [6.45, 7) is 6.47. The highest BCUT2D eigenvalue weighted by atomic mass is 16.5. The maximum Gasteiger partial charge on any atom is 0.242 e. The number of piperidine rings is 1. The minimum atomic E-state index is -0.791. The Hall–Kier alpha value is -0.650. The number of nitrogens with one attached hydrogen (secondary N) is 1. The molecule has 0 spiro atoms. The monoisotopic (exact) mass is 255 g/mol. The summed E-state index contributed by atoms with van der Waals surface area (Å²) in [6.07, 6.45) is 3.89. The van der Waals surface area contributed by atoms with Gasteiger partial charge < -0.3 is 20.7 Å². The van der Waals surface area contributed by atoms with Gasteiger partial charge in [-0.3, -0.25) is 4.79 Å². The molecule has 1 unspecified atom stereocenters. The lowest BCUT2D eigenvalue weighted by molar-refractivity contribution is -0.127. The third-order valence-electron chi connectivity index (χ3n) is 3.97. The summed E-state index contributed by atoms with van der Waals surface area (Å²) in [6, 6.07) is 0.284. The van der Waals surface area contributed by atoms with Crippen molar-refractivity contribution in [2.24, 2.45) is 5.73 Å². The van der Waals surface area contributed by atoms with Gasteiger partial charge in [0.05, 0.1) is 6.61 Å². The molecule has 2 heterocycles. The van der Waals surface area contributed by atoms with Crippen molar-refractivity contribution < 1.29 is 9.53 Å². The predicted molar refractivity (Wildman–Crippen MR) is 70.3 cm³/mol. The Balaban J connectivity index is 1.76. The Bertz CT molecular complexity index is 282. The number of hydrogen-bond donors (Lipinski definition) is 2. The highest BCUT2D eigenvalue weighted by Gasteiger charge is 2.39. The number of hydrogen-bond acceptors (Lipinski definition) is 4. The van der Waals surface area contributed by atoms with E-state index >= 15 is 0 Å². The van der Waals surface area contributed by atoms with Gasteiger partial charge >= 0.3 is 0 Å². The lowest BCUT2D eigenvalue weighted by atomic mass is 9.97. The van der Waals surface area contributed by atoms with Crippen LogP contribution in [0.4, 0.5) is 0 Å². The fourth-order valence-corrected chi connectivity index (χ4v) is 2.71. The number of amides is 1. The smallest absolute Gasteiger partial charge is 0.242 e. The second-order valence-electron chi connectivity index (χ2n) is 5.55. The molecule has 0 aromatic heterocycles. The van der Waals surface area contributed by atoms with Crippen molar-refractivity contribution in [1.29, 1.82) is 0 Å². The average Bonchev–Trinajstić information content (AvgIpc) is 2.80. The van der Waals surface area contributed by atoms with Gasteiger partial charge in [0, 0.05) is 25.7 Å². The molecular formula is C13H25N3O2. The van der Waals surface area contributed by atoms with E-state index in [0.29, 0.717) is 19.6 Å². The summed E-state index contributed by atoms with van der Waals surface area (Å²) in [5.41, 5.74) is 5.26. The Morgan fingerprint density at radius 2 is 2.22 bits per heavy atom. The summed E-state index contributed by atoms with van der Waals surface area (Å²) in [7, 11) is 0. The van der Waals surface area contributed by atoms with Crippen molar-refractivity contribution in [1.82, 2.24) is 10.2 Å². The van der Waals surface area contributed by atoms with E-state index in [0.717, 1.165) is 32.5 Å². The molecule has 2 aliphatic rings.